The van der Waals surface area contributed by atoms with Gasteiger partial charge in [0.05, 0.1) is 27.0 Å². The van der Waals surface area contributed by atoms with Crippen LogP contribution in [0.15, 0.2) is 65.8 Å². The number of allylic oxidation sites excluding steroid dienone is 3. The second-order valence-electron chi connectivity index (χ2n) is 12.1. The highest BCUT2D eigenvalue weighted by Crippen LogP contribution is 2.60. The molecular weight excluding hydrogens is 538 g/mol. The molecule has 1 saturated heterocycles. The zero-order valence-electron chi connectivity index (χ0n) is 25.0. The molecule has 40 heavy (non-hydrogen) atoms. The van der Waals surface area contributed by atoms with Crippen LogP contribution in [0.25, 0.3) is 0 Å². The molecule has 0 aromatic heterocycles. The third kappa shape index (κ3) is 5.56. The summed E-state index contributed by atoms with van der Waals surface area (Å²) >= 11 is 6.54. The lowest BCUT2D eigenvalue weighted by atomic mass is 9.82. The van der Waals surface area contributed by atoms with Crippen molar-refractivity contribution in [1.29, 1.82) is 0 Å². The zero-order chi connectivity index (χ0) is 29.2. The SMILES string of the molecule is COc1ccc([Si](C)(C)[C@@H]2[C@@H](CCO)O[C@]3(C(=O)N(C/C=C(\C)CCC=C(C)C)c4ccc(Cl)cc43)[C@H]2C)cc1. The minimum atomic E-state index is -2.20. The summed E-state index contributed by atoms with van der Waals surface area (Å²) < 4.78 is 12.3. The molecule has 0 aliphatic carbocycles. The second-order valence-corrected chi connectivity index (χ2v) is 17.2. The van der Waals surface area contributed by atoms with E-state index in [1.54, 1.807) is 7.11 Å². The number of halogens is 1. The van der Waals surface area contributed by atoms with Crippen LogP contribution in [0.2, 0.25) is 23.7 Å². The Balaban J connectivity index is 1.73. The summed E-state index contributed by atoms with van der Waals surface area (Å²) in [5.74, 6) is 0.683. The first-order valence-electron chi connectivity index (χ1n) is 14.3. The predicted octanol–water partition coefficient (Wildman–Crippen LogP) is 6.99. The number of carbonyl (C=O) groups excluding carboxylic acids is 1. The molecule has 0 bridgehead atoms. The maximum absolute atomic E-state index is 14.5. The quantitative estimate of drug-likeness (QED) is 0.243. The molecule has 7 heteroatoms. The van der Waals surface area contributed by atoms with Gasteiger partial charge in [-0.2, -0.15) is 0 Å². The molecule has 2 aromatic rings. The van der Waals surface area contributed by atoms with Gasteiger partial charge < -0.3 is 19.5 Å². The van der Waals surface area contributed by atoms with E-state index in [1.165, 1.54) is 16.3 Å². The van der Waals surface area contributed by atoms with E-state index < -0.39 is 13.7 Å². The van der Waals surface area contributed by atoms with Gasteiger partial charge in [-0.3, -0.25) is 4.79 Å². The van der Waals surface area contributed by atoms with Crippen LogP contribution in [0, 0.1) is 5.92 Å². The van der Waals surface area contributed by atoms with E-state index in [1.807, 2.05) is 35.2 Å². The van der Waals surface area contributed by atoms with Crippen LogP contribution in [0.1, 0.15) is 52.5 Å². The second kappa shape index (κ2) is 12.2. The number of ether oxygens (including phenoxy) is 2. The highest BCUT2D eigenvalue weighted by molar-refractivity contribution is 6.91. The van der Waals surface area contributed by atoms with Gasteiger partial charge in [-0.25, -0.2) is 0 Å². The first-order valence-corrected chi connectivity index (χ1v) is 17.8. The van der Waals surface area contributed by atoms with E-state index in [0.717, 1.165) is 29.8 Å². The summed E-state index contributed by atoms with van der Waals surface area (Å²) in [7, 11) is -0.527. The van der Waals surface area contributed by atoms with Gasteiger partial charge in [-0.1, -0.05) is 72.2 Å². The van der Waals surface area contributed by atoms with Crippen LogP contribution < -0.4 is 14.8 Å². The number of amides is 1. The van der Waals surface area contributed by atoms with Gasteiger partial charge in [-0.05, 0) is 75.9 Å². The van der Waals surface area contributed by atoms with E-state index in [-0.39, 0.29) is 30.1 Å². The summed E-state index contributed by atoms with van der Waals surface area (Å²) in [6.45, 7) is 13.7. The van der Waals surface area contributed by atoms with Crippen molar-refractivity contribution in [2.24, 2.45) is 5.92 Å². The number of carbonyl (C=O) groups is 1. The van der Waals surface area contributed by atoms with Crippen molar-refractivity contribution in [3.63, 3.8) is 0 Å². The Hall–Kier alpha value is -2.38. The molecule has 0 saturated carbocycles. The number of anilines is 1. The van der Waals surface area contributed by atoms with Crippen molar-refractivity contribution < 1.29 is 19.4 Å². The summed E-state index contributed by atoms with van der Waals surface area (Å²) in [5.41, 5.74) is 3.25. The molecule has 2 aliphatic heterocycles. The van der Waals surface area contributed by atoms with Crippen molar-refractivity contribution in [2.75, 3.05) is 25.2 Å². The molecule has 0 unspecified atom stereocenters. The number of fused-ring (bicyclic) bond motifs is 2. The number of aliphatic hydroxyl groups is 1. The Bertz CT molecular complexity index is 1280. The smallest absolute Gasteiger partial charge is 0.264 e. The number of rotatable bonds is 10. The lowest BCUT2D eigenvalue weighted by molar-refractivity contribution is -0.146. The maximum atomic E-state index is 14.5. The van der Waals surface area contributed by atoms with Crippen LogP contribution in [-0.2, 0) is 15.1 Å². The Labute approximate surface area is 245 Å². The summed E-state index contributed by atoms with van der Waals surface area (Å²) in [6, 6.07) is 14.0. The highest BCUT2D eigenvalue weighted by Gasteiger charge is 2.66. The lowest BCUT2D eigenvalue weighted by Gasteiger charge is -2.37. The van der Waals surface area contributed by atoms with Crippen LogP contribution in [0.4, 0.5) is 5.69 Å². The van der Waals surface area contributed by atoms with Crippen LogP contribution in [-0.4, -0.2) is 45.5 Å². The zero-order valence-corrected chi connectivity index (χ0v) is 26.7. The Morgan fingerprint density at radius 3 is 2.48 bits per heavy atom. The summed E-state index contributed by atoms with van der Waals surface area (Å²) in [5, 5.41) is 11.9. The van der Waals surface area contributed by atoms with Crippen molar-refractivity contribution in [3.8, 4) is 5.75 Å². The van der Waals surface area contributed by atoms with E-state index in [2.05, 4.69) is 65.1 Å². The van der Waals surface area contributed by atoms with Crippen LogP contribution >= 0.6 is 11.6 Å². The molecule has 2 heterocycles. The number of hydrogen-bond donors (Lipinski definition) is 1. The number of aliphatic hydroxyl groups excluding tert-OH is 1. The van der Waals surface area contributed by atoms with Crippen molar-refractivity contribution in [3.05, 3.63) is 76.3 Å². The largest absolute Gasteiger partial charge is 0.497 e. The number of methoxy groups -OCH3 is 1. The lowest BCUT2D eigenvalue weighted by Crippen LogP contribution is -2.51. The fourth-order valence-electron chi connectivity index (χ4n) is 6.80. The molecule has 2 aliphatic rings. The van der Waals surface area contributed by atoms with Gasteiger partial charge in [0.15, 0.2) is 5.60 Å². The van der Waals surface area contributed by atoms with Crippen LogP contribution in [0.3, 0.4) is 0 Å². The molecule has 1 amide bonds. The van der Waals surface area contributed by atoms with Crippen molar-refractivity contribution in [2.45, 2.75) is 77.3 Å². The molecule has 1 spiro atoms. The molecule has 0 radical (unpaired) electrons. The molecule has 216 valence electrons. The summed E-state index contributed by atoms with van der Waals surface area (Å²) in [6.07, 6.45) is 6.59. The third-order valence-corrected chi connectivity index (χ3v) is 13.5. The third-order valence-electron chi connectivity index (χ3n) is 8.92. The fraction of sp³-hybridized carbons (Fsp3) is 0.485. The van der Waals surface area contributed by atoms with Crippen LogP contribution in [0.5, 0.6) is 5.75 Å². The molecule has 1 N–H and O–H groups in total. The molecule has 4 atom stereocenters. The van der Waals surface area contributed by atoms with Gasteiger partial charge in [-0.15, -0.1) is 0 Å². The highest BCUT2D eigenvalue weighted by atomic mass is 35.5. The minimum absolute atomic E-state index is 0.00494. The fourth-order valence-corrected chi connectivity index (χ4v) is 11.0. The average molecular weight is 582 g/mol. The van der Waals surface area contributed by atoms with Gasteiger partial charge in [0.2, 0.25) is 0 Å². The monoisotopic (exact) mass is 581 g/mol. The van der Waals surface area contributed by atoms with Crippen molar-refractivity contribution in [1.82, 2.24) is 0 Å². The Kier molecular flexibility index (Phi) is 9.35. The van der Waals surface area contributed by atoms with E-state index in [9.17, 15) is 9.90 Å². The van der Waals surface area contributed by atoms with Gasteiger partial charge in [0, 0.05) is 29.7 Å². The molecule has 4 rings (SSSR count). The standard InChI is InChI=1S/C33H44ClNO4Si/c1-22(2)9-8-10-23(3)17-19-35-29-16-11-25(34)21-28(29)33(32(35)37)24(4)31(30(39-33)18-20-36)40(6,7)27-14-12-26(38-5)13-15-27/h9,11-17,21,24,30-31,36H,8,10,18-20H2,1-7H3/b23-17+/t24-,30+,31-,33+/m0/s1. The Morgan fingerprint density at radius 1 is 1.15 bits per heavy atom. The number of hydrogen-bond acceptors (Lipinski definition) is 4. The number of nitrogens with zero attached hydrogens (tertiary/aromatic N) is 1. The molecule has 1 fully saturated rings. The molecule has 5 nitrogen and oxygen atoms in total. The van der Waals surface area contributed by atoms with E-state index in [0.29, 0.717) is 18.0 Å². The van der Waals surface area contributed by atoms with E-state index in [4.69, 9.17) is 21.1 Å². The normalized spacial score (nSPS) is 24.5. The molecular formula is C33H44ClNO4Si. The first kappa shape index (κ1) is 30.6. The number of benzene rings is 2. The molecule has 2 aromatic carbocycles. The van der Waals surface area contributed by atoms with Gasteiger partial charge in [0.1, 0.15) is 5.75 Å². The maximum Gasteiger partial charge on any atom is 0.264 e. The predicted molar refractivity (Wildman–Crippen MR) is 168 cm³/mol. The minimum Gasteiger partial charge on any atom is -0.497 e. The average Bonchev–Trinajstić information content (AvgIpc) is 3.33. The summed E-state index contributed by atoms with van der Waals surface area (Å²) in [4.78, 5) is 16.4. The topological polar surface area (TPSA) is 59.0 Å². The van der Waals surface area contributed by atoms with Gasteiger partial charge >= 0.3 is 0 Å². The Morgan fingerprint density at radius 2 is 1.85 bits per heavy atom. The van der Waals surface area contributed by atoms with Crippen molar-refractivity contribution >= 4 is 36.5 Å². The van der Waals surface area contributed by atoms with Gasteiger partial charge in [0.25, 0.3) is 5.91 Å². The van der Waals surface area contributed by atoms with E-state index >= 15 is 0 Å². The first-order chi connectivity index (χ1) is 19.0.